The van der Waals surface area contributed by atoms with E-state index in [4.69, 9.17) is 28.4 Å². The molecular formula is C37H43N3O12. The molecule has 0 radical (unpaired) electrons. The summed E-state index contributed by atoms with van der Waals surface area (Å²) in [6.07, 6.45) is -2.55. The zero-order valence-corrected chi connectivity index (χ0v) is 29.2. The number of piperazine rings is 1. The number of carbonyl (C=O) groups excluding carboxylic acids is 3. The van der Waals surface area contributed by atoms with E-state index < -0.39 is 77.6 Å². The van der Waals surface area contributed by atoms with Crippen molar-refractivity contribution in [2.75, 3.05) is 40.5 Å². The molecule has 15 heteroatoms. The van der Waals surface area contributed by atoms with Crippen molar-refractivity contribution in [2.45, 2.75) is 99.9 Å². The molecule has 1 amide bonds. The minimum atomic E-state index is -2.07. The number of fused-ring (bicyclic) bond motifs is 9. The molecule has 15 nitrogen and oxygen atoms in total. The minimum absolute atomic E-state index is 0.00773. The second-order valence-electron chi connectivity index (χ2n) is 15.0. The normalized spacial score (nSPS) is 36.5. The molecule has 6 aliphatic heterocycles. The Morgan fingerprint density at radius 3 is 2.58 bits per heavy atom. The van der Waals surface area contributed by atoms with Gasteiger partial charge in [-0.3, -0.25) is 19.3 Å². The van der Waals surface area contributed by atoms with Gasteiger partial charge in [-0.05, 0) is 25.8 Å². The third kappa shape index (κ3) is 4.98. The van der Waals surface area contributed by atoms with Gasteiger partial charge in [-0.25, -0.2) is 0 Å². The molecule has 0 saturated carbocycles. The average molecular weight is 722 g/mol. The molecule has 0 aromatic heterocycles. The van der Waals surface area contributed by atoms with E-state index >= 15 is 0 Å². The van der Waals surface area contributed by atoms with Crippen LogP contribution in [-0.4, -0.2) is 138 Å². The van der Waals surface area contributed by atoms with Gasteiger partial charge in [0.05, 0.1) is 42.6 Å². The summed E-state index contributed by atoms with van der Waals surface area (Å²) in [6, 6.07) is 4.40. The standard InChI is InChI=1S/C37H43N3O12/c1-16-33-21(39-9-10-49-35(48-3)34(39)52-33)11-24(50-16)51-23-13-37(46,36(45)40-15-17-7-8-18(40)14-38-17)12-20-26(23)32(44)28-27(30(20)42)29(41)19-5-4-6-22(47-2)25(19)31(28)43/h4-6,16-18,21,23-24,33-35,38,42,44,46H,7-15H2,1-3H3/t16-,17-,18?,21-,23-,24-,33+,34+,35-,37-/m0/s1. The summed E-state index contributed by atoms with van der Waals surface area (Å²) in [5.74, 6) is -2.90. The number of nitrogens with zero attached hydrogens (tertiary/aromatic N) is 2. The molecule has 2 aromatic rings. The van der Waals surface area contributed by atoms with Gasteiger partial charge in [-0.15, -0.1) is 0 Å². The molecule has 2 aromatic carbocycles. The number of aliphatic hydroxyl groups is 1. The lowest BCUT2D eigenvalue weighted by atomic mass is 9.72. The van der Waals surface area contributed by atoms with Crippen molar-refractivity contribution in [3.8, 4) is 17.2 Å². The number of methoxy groups -OCH3 is 2. The molecule has 6 fully saturated rings. The van der Waals surface area contributed by atoms with E-state index in [1.54, 1.807) is 24.1 Å². The highest BCUT2D eigenvalue weighted by atomic mass is 16.7. The van der Waals surface area contributed by atoms with Crippen LogP contribution in [0.2, 0.25) is 0 Å². The van der Waals surface area contributed by atoms with E-state index in [2.05, 4.69) is 10.2 Å². The van der Waals surface area contributed by atoms with Crippen LogP contribution in [0.1, 0.15) is 81.7 Å². The highest BCUT2D eigenvalue weighted by Crippen LogP contribution is 2.53. The number of carbonyl (C=O) groups is 3. The number of hydrogen-bond acceptors (Lipinski definition) is 14. The summed E-state index contributed by atoms with van der Waals surface area (Å²) in [7, 11) is 2.94. The van der Waals surface area contributed by atoms with Crippen LogP contribution in [0.15, 0.2) is 18.2 Å². The molecule has 1 unspecified atom stereocenters. The number of benzene rings is 2. The SMILES string of the molecule is COc1cccc2c1C(=O)c1c(O)c3c(c(O)c1C2=O)C[C@@](O)(C(=O)N1C[C@@H]2CCC1CN2)C[C@@H]3O[C@H]1C[C@H]2[C@H](O[C@@H]3[C@@H](OC)OCCN32)[C@H](C)O1. The first-order valence-corrected chi connectivity index (χ1v) is 18.0. The molecular weight excluding hydrogens is 678 g/mol. The van der Waals surface area contributed by atoms with Gasteiger partial charge in [0.15, 0.2) is 24.6 Å². The monoisotopic (exact) mass is 721 g/mol. The summed E-state index contributed by atoms with van der Waals surface area (Å²) < 4.78 is 36.1. The van der Waals surface area contributed by atoms with E-state index in [0.29, 0.717) is 32.7 Å². The number of piperidine rings is 2. The maximum atomic E-state index is 14.4. The van der Waals surface area contributed by atoms with Gasteiger partial charge >= 0.3 is 0 Å². The molecule has 2 aliphatic carbocycles. The Hall–Kier alpha value is -3.67. The van der Waals surface area contributed by atoms with Gasteiger partial charge in [0.2, 0.25) is 5.78 Å². The number of nitrogens with one attached hydrogen (secondary N) is 1. The molecule has 0 spiro atoms. The summed E-state index contributed by atoms with van der Waals surface area (Å²) in [5, 5.41) is 39.8. The first-order valence-electron chi connectivity index (χ1n) is 18.0. The molecule has 8 aliphatic rings. The number of rotatable bonds is 5. The lowest BCUT2D eigenvalue weighted by molar-refractivity contribution is -0.256. The second kappa shape index (κ2) is 12.5. The number of amides is 1. The topological polar surface area (TPSA) is 186 Å². The number of morpholine rings is 1. The molecule has 2 bridgehead atoms. The van der Waals surface area contributed by atoms with Crippen molar-refractivity contribution >= 4 is 17.5 Å². The van der Waals surface area contributed by atoms with Gasteiger partial charge in [0.1, 0.15) is 29.0 Å². The van der Waals surface area contributed by atoms with Crippen molar-refractivity contribution in [1.29, 1.82) is 0 Å². The van der Waals surface area contributed by atoms with E-state index in [9.17, 15) is 29.7 Å². The predicted octanol–water partition coefficient (Wildman–Crippen LogP) is 1.11. The second-order valence-corrected chi connectivity index (χ2v) is 15.0. The van der Waals surface area contributed by atoms with E-state index in [-0.39, 0.29) is 64.2 Å². The minimum Gasteiger partial charge on any atom is -0.507 e. The molecule has 6 saturated heterocycles. The van der Waals surface area contributed by atoms with Crippen molar-refractivity contribution in [1.82, 2.24) is 15.1 Å². The highest BCUT2D eigenvalue weighted by molar-refractivity contribution is 6.31. The Bertz CT molecular complexity index is 1850. The zero-order valence-electron chi connectivity index (χ0n) is 29.2. The van der Waals surface area contributed by atoms with Gasteiger partial charge in [-0.2, -0.15) is 0 Å². The number of hydrogen-bond donors (Lipinski definition) is 4. The highest BCUT2D eigenvalue weighted by Gasteiger charge is 2.56. The smallest absolute Gasteiger partial charge is 0.255 e. The van der Waals surface area contributed by atoms with Crippen LogP contribution in [0, 0.1) is 0 Å². The van der Waals surface area contributed by atoms with Crippen LogP contribution in [0.3, 0.4) is 0 Å². The van der Waals surface area contributed by atoms with Crippen molar-refractivity contribution in [3.05, 3.63) is 51.6 Å². The number of phenols is 2. The first kappa shape index (κ1) is 34.1. The third-order valence-corrected chi connectivity index (χ3v) is 12.2. The third-order valence-electron chi connectivity index (χ3n) is 12.2. The molecule has 6 heterocycles. The fourth-order valence-electron chi connectivity index (χ4n) is 9.72. The maximum Gasteiger partial charge on any atom is 0.255 e. The van der Waals surface area contributed by atoms with E-state index in [0.717, 1.165) is 12.8 Å². The fourth-order valence-corrected chi connectivity index (χ4v) is 9.72. The molecule has 52 heavy (non-hydrogen) atoms. The van der Waals surface area contributed by atoms with Crippen LogP contribution in [0.4, 0.5) is 0 Å². The number of aromatic hydroxyl groups is 2. The summed E-state index contributed by atoms with van der Waals surface area (Å²) in [5.41, 5.74) is -2.87. The van der Waals surface area contributed by atoms with Crippen molar-refractivity contribution in [2.24, 2.45) is 0 Å². The van der Waals surface area contributed by atoms with Gasteiger partial charge in [-0.1, -0.05) is 12.1 Å². The predicted molar refractivity (Wildman–Crippen MR) is 178 cm³/mol. The first-order chi connectivity index (χ1) is 25.0. The Morgan fingerprint density at radius 2 is 1.87 bits per heavy atom. The van der Waals surface area contributed by atoms with Crippen LogP contribution in [0.25, 0.3) is 0 Å². The van der Waals surface area contributed by atoms with Crippen LogP contribution < -0.4 is 10.1 Å². The van der Waals surface area contributed by atoms with Crippen molar-refractivity contribution in [3.63, 3.8) is 0 Å². The lowest BCUT2D eigenvalue weighted by Crippen LogP contribution is -2.66. The lowest BCUT2D eigenvalue weighted by Gasteiger charge is -2.49. The van der Waals surface area contributed by atoms with Crippen molar-refractivity contribution < 1.29 is 58.1 Å². The molecule has 10 atom stereocenters. The van der Waals surface area contributed by atoms with Gasteiger partial charge < -0.3 is 54.0 Å². The van der Waals surface area contributed by atoms with Gasteiger partial charge in [0, 0.05) is 80.8 Å². The van der Waals surface area contributed by atoms with Crippen LogP contribution >= 0.6 is 0 Å². The largest absolute Gasteiger partial charge is 0.507 e. The fraction of sp³-hybridized carbons (Fsp3) is 0.595. The molecule has 278 valence electrons. The Balaban J connectivity index is 1.12. The van der Waals surface area contributed by atoms with Gasteiger partial charge in [0.25, 0.3) is 5.91 Å². The summed E-state index contributed by atoms with van der Waals surface area (Å²) in [4.78, 5) is 46.4. The Kier molecular flexibility index (Phi) is 8.17. The Labute approximate surface area is 299 Å². The number of phenolic OH excluding ortho intramolecular Hbond substituents is 2. The van der Waals surface area contributed by atoms with E-state index in [1.165, 1.54) is 13.2 Å². The maximum absolute atomic E-state index is 14.4. The molecule has 4 N–H and O–H groups in total. The summed E-state index contributed by atoms with van der Waals surface area (Å²) >= 11 is 0. The van der Waals surface area contributed by atoms with E-state index in [1.807, 2.05) is 6.92 Å². The van der Waals surface area contributed by atoms with Crippen LogP contribution in [-0.2, 0) is 34.9 Å². The molecule has 10 rings (SSSR count). The zero-order chi connectivity index (χ0) is 36.2. The number of ether oxygens (including phenoxy) is 6. The van der Waals surface area contributed by atoms with Crippen LogP contribution in [0.5, 0.6) is 17.2 Å². The average Bonchev–Trinajstić information content (AvgIpc) is 3.54. The Morgan fingerprint density at radius 1 is 1.06 bits per heavy atom. The quantitative estimate of drug-likeness (QED) is 0.275. The summed E-state index contributed by atoms with van der Waals surface area (Å²) in [6.45, 7) is 3.94. The number of ketones is 2.